The Labute approximate surface area is 106 Å². The average Bonchev–Trinajstić information content (AvgIpc) is 2.89. The van der Waals surface area contributed by atoms with E-state index in [1.807, 2.05) is 37.3 Å². The fraction of sp³-hybridized carbons (Fsp3) is 0.385. The molecule has 0 aromatic heterocycles. The van der Waals surface area contributed by atoms with Crippen LogP contribution in [-0.4, -0.2) is 31.8 Å². The summed E-state index contributed by atoms with van der Waals surface area (Å²) in [7, 11) is 0. The SMILES string of the molecule is Cc1ccc(C(C#N)=NOCC2COCO2)cc1. The second-order valence-corrected chi connectivity index (χ2v) is 3.99. The van der Waals surface area contributed by atoms with Crippen LogP contribution in [-0.2, 0) is 14.3 Å². The summed E-state index contributed by atoms with van der Waals surface area (Å²) in [5.41, 5.74) is 2.13. The van der Waals surface area contributed by atoms with Crippen LogP contribution in [0.25, 0.3) is 0 Å². The van der Waals surface area contributed by atoms with E-state index >= 15 is 0 Å². The average molecular weight is 246 g/mol. The van der Waals surface area contributed by atoms with E-state index in [9.17, 15) is 0 Å². The molecule has 1 aromatic rings. The Morgan fingerprint density at radius 3 is 2.89 bits per heavy atom. The van der Waals surface area contributed by atoms with Crippen LogP contribution in [0.3, 0.4) is 0 Å². The van der Waals surface area contributed by atoms with Crippen LogP contribution in [0.1, 0.15) is 11.1 Å². The second-order valence-electron chi connectivity index (χ2n) is 3.99. The molecule has 5 nitrogen and oxygen atoms in total. The number of oxime groups is 1. The van der Waals surface area contributed by atoms with Crippen molar-refractivity contribution in [2.24, 2.45) is 5.16 Å². The van der Waals surface area contributed by atoms with Crippen LogP contribution in [0, 0.1) is 18.3 Å². The van der Waals surface area contributed by atoms with Crippen LogP contribution < -0.4 is 0 Å². The highest BCUT2D eigenvalue weighted by Gasteiger charge is 2.16. The fourth-order valence-electron chi connectivity index (χ4n) is 1.50. The lowest BCUT2D eigenvalue weighted by Crippen LogP contribution is -2.16. The van der Waals surface area contributed by atoms with Gasteiger partial charge < -0.3 is 14.3 Å². The van der Waals surface area contributed by atoms with E-state index in [4.69, 9.17) is 19.6 Å². The van der Waals surface area contributed by atoms with E-state index < -0.39 is 0 Å². The summed E-state index contributed by atoms with van der Waals surface area (Å²) in [6.45, 7) is 3.07. The second kappa shape index (κ2) is 6.15. The molecule has 0 radical (unpaired) electrons. The molecule has 0 N–H and O–H groups in total. The number of nitriles is 1. The van der Waals surface area contributed by atoms with Crippen molar-refractivity contribution in [3.05, 3.63) is 35.4 Å². The third-order valence-electron chi connectivity index (χ3n) is 2.54. The van der Waals surface area contributed by atoms with Gasteiger partial charge >= 0.3 is 0 Å². The maximum absolute atomic E-state index is 9.02. The summed E-state index contributed by atoms with van der Waals surface area (Å²) in [5.74, 6) is 0. The van der Waals surface area contributed by atoms with Gasteiger partial charge in [0.25, 0.3) is 0 Å². The van der Waals surface area contributed by atoms with E-state index in [1.54, 1.807) is 0 Å². The van der Waals surface area contributed by atoms with Crippen LogP contribution in [0.15, 0.2) is 29.4 Å². The first-order valence-electron chi connectivity index (χ1n) is 5.66. The van der Waals surface area contributed by atoms with Crippen molar-refractivity contribution in [1.29, 1.82) is 5.26 Å². The summed E-state index contributed by atoms with van der Waals surface area (Å²) < 4.78 is 10.2. The first kappa shape index (κ1) is 12.6. The van der Waals surface area contributed by atoms with Crippen molar-refractivity contribution in [2.75, 3.05) is 20.0 Å². The quantitative estimate of drug-likeness (QED) is 0.598. The number of hydrogen-bond donors (Lipinski definition) is 0. The molecule has 5 heteroatoms. The number of hydrogen-bond acceptors (Lipinski definition) is 5. The van der Waals surface area contributed by atoms with Crippen LogP contribution in [0.5, 0.6) is 0 Å². The van der Waals surface area contributed by atoms with Crippen molar-refractivity contribution < 1.29 is 14.3 Å². The van der Waals surface area contributed by atoms with Gasteiger partial charge in [0.2, 0.25) is 0 Å². The smallest absolute Gasteiger partial charge is 0.186 e. The molecule has 94 valence electrons. The largest absolute Gasteiger partial charge is 0.392 e. The highest BCUT2D eigenvalue weighted by Crippen LogP contribution is 2.06. The van der Waals surface area contributed by atoms with Gasteiger partial charge in [-0.2, -0.15) is 5.26 Å². The predicted octanol–water partition coefficient (Wildman–Crippen LogP) is 1.61. The Balaban J connectivity index is 1.95. The summed E-state index contributed by atoms with van der Waals surface area (Å²) in [6.07, 6.45) is -0.105. The predicted molar refractivity (Wildman–Crippen MR) is 65.0 cm³/mol. The Hall–Kier alpha value is -1.90. The minimum absolute atomic E-state index is 0.105. The van der Waals surface area contributed by atoms with Crippen molar-refractivity contribution >= 4 is 5.71 Å². The molecule has 0 spiro atoms. The molecule has 1 aliphatic heterocycles. The minimum Gasteiger partial charge on any atom is -0.392 e. The van der Waals surface area contributed by atoms with Gasteiger partial charge in [0, 0.05) is 5.56 Å². The number of nitrogens with zero attached hydrogens (tertiary/aromatic N) is 2. The van der Waals surface area contributed by atoms with Crippen LogP contribution in [0.4, 0.5) is 0 Å². The Bertz CT molecular complexity index is 456. The first-order chi connectivity index (χ1) is 8.79. The zero-order chi connectivity index (χ0) is 12.8. The van der Waals surface area contributed by atoms with Gasteiger partial charge in [0.15, 0.2) is 5.71 Å². The van der Waals surface area contributed by atoms with Crippen molar-refractivity contribution in [3.8, 4) is 6.07 Å². The van der Waals surface area contributed by atoms with E-state index in [2.05, 4.69) is 5.16 Å². The van der Waals surface area contributed by atoms with Crippen molar-refractivity contribution in [3.63, 3.8) is 0 Å². The van der Waals surface area contributed by atoms with Gasteiger partial charge in [-0.3, -0.25) is 0 Å². The van der Waals surface area contributed by atoms with Gasteiger partial charge in [-0.25, -0.2) is 0 Å². The van der Waals surface area contributed by atoms with Crippen molar-refractivity contribution in [2.45, 2.75) is 13.0 Å². The third-order valence-corrected chi connectivity index (χ3v) is 2.54. The first-order valence-corrected chi connectivity index (χ1v) is 5.66. The lowest BCUT2D eigenvalue weighted by atomic mass is 10.1. The fourth-order valence-corrected chi connectivity index (χ4v) is 1.50. The monoisotopic (exact) mass is 246 g/mol. The zero-order valence-corrected chi connectivity index (χ0v) is 10.1. The normalized spacial score (nSPS) is 19.6. The molecular formula is C13H14N2O3. The molecule has 1 aromatic carbocycles. The van der Waals surface area contributed by atoms with Crippen LogP contribution in [0.2, 0.25) is 0 Å². The number of aryl methyl sites for hydroxylation is 1. The van der Waals surface area contributed by atoms with E-state index in [-0.39, 0.29) is 18.4 Å². The summed E-state index contributed by atoms with van der Waals surface area (Å²) in [4.78, 5) is 5.12. The molecule has 1 atom stereocenters. The maximum atomic E-state index is 9.02. The maximum Gasteiger partial charge on any atom is 0.186 e. The molecule has 0 bridgehead atoms. The summed E-state index contributed by atoms with van der Waals surface area (Å²) in [6, 6.07) is 9.56. The summed E-state index contributed by atoms with van der Waals surface area (Å²) >= 11 is 0. The van der Waals surface area contributed by atoms with Crippen LogP contribution >= 0.6 is 0 Å². The molecule has 2 rings (SSSR count). The molecule has 0 saturated carbocycles. The van der Waals surface area contributed by atoms with Gasteiger partial charge in [0.1, 0.15) is 25.6 Å². The van der Waals surface area contributed by atoms with Gasteiger partial charge in [-0.05, 0) is 6.92 Å². The highest BCUT2D eigenvalue weighted by molar-refractivity contribution is 6.11. The Kier molecular flexibility index (Phi) is 4.29. The molecule has 1 fully saturated rings. The minimum atomic E-state index is -0.105. The lowest BCUT2D eigenvalue weighted by Gasteiger charge is -2.05. The topological polar surface area (TPSA) is 63.8 Å². The van der Waals surface area contributed by atoms with Gasteiger partial charge in [0.05, 0.1) is 6.61 Å². The standard InChI is InChI=1S/C13H14N2O3/c1-10-2-4-11(5-3-10)13(6-14)15-18-8-12-7-16-9-17-12/h2-5,12H,7-9H2,1H3. The Morgan fingerprint density at radius 1 is 1.50 bits per heavy atom. The molecule has 1 aliphatic rings. The molecule has 18 heavy (non-hydrogen) atoms. The van der Waals surface area contributed by atoms with Gasteiger partial charge in [-0.15, -0.1) is 0 Å². The number of rotatable bonds is 4. The molecule has 1 unspecified atom stereocenters. The molecule has 1 heterocycles. The highest BCUT2D eigenvalue weighted by atomic mass is 16.7. The van der Waals surface area contributed by atoms with E-state index in [0.717, 1.165) is 11.1 Å². The molecule has 0 aliphatic carbocycles. The van der Waals surface area contributed by atoms with E-state index in [1.165, 1.54) is 0 Å². The van der Waals surface area contributed by atoms with Gasteiger partial charge in [-0.1, -0.05) is 35.0 Å². The van der Waals surface area contributed by atoms with Crippen molar-refractivity contribution in [1.82, 2.24) is 0 Å². The molecule has 1 saturated heterocycles. The summed E-state index contributed by atoms with van der Waals surface area (Å²) in [5, 5.41) is 12.8. The number of benzene rings is 1. The molecular weight excluding hydrogens is 232 g/mol. The Morgan fingerprint density at radius 2 is 2.28 bits per heavy atom. The van der Waals surface area contributed by atoms with E-state index in [0.29, 0.717) is 13.4 Å². The third kappa shape index (κ3) is 3.29. The zero-order valence-electron chi connectivity index (χ0n) is 10.1. The molecule has 0 amide bonds. The lowest BCUT2D eigenvalue weighted by molar-refractivity contribution is 0.00680. The number of ether oxygens (including phenoxy) is 2.